The largest absolute Gasteiger partial charge is 0.480 e. The lowest BCUT2D eigenvalue weighted by Crippen LogP contribution is -2.58. The van der Waals surface area contributed by atoms with Crippen LogP contribution in [0, 0.1) is 16.7 Å². The van der Waals surface area contributed by atoms with E-state index >= 15 is 0 Å². The third-order valence-electron chi connectivity index (χ3n) is 7.81. The molecular formula is C27H37NO6. The summed E-state index contributed by atoms with van der Waals surface area (Å²) in [7, 11) is 1.55. The molecule has 186 valence electrons. The Morgan fingerprint density at radius 2 is 1.82 bits per heavy atom. The second-order valence-corrected chi connectivity index (χ2v) is 10.4. The maximum Gasteiger partial charge on any atom is 0.331 e. The van der Waals surface area contributed by atoms with Crippen LogP contribution < -0.4 is 0 Å². The van der Waals surface area contributed by atoms with Crippen LogP contribution in [-0.4, -0.2) is 59.8 Å². The number of hydrogen-bond donors (Lipinski definition) is 1. The van der Waals surface area contributed by atoms with E-state index in [9.17, 15) is 19.5 Å². The lowest BCUT2D eigenvalue weighted by atomic mass is 9.49. The Kier molecular flexibility index (Phi) is 7.56. The Hall–Kier alpha value is -2.67. The van der Waals surface area contributed by atoms with Gasteiger partial charge < -0.3 is 19.5 Å². The topological polar surface area (TPSA) is 93.1 Å². The van der Waals surface area contributed by atoms with E-state index in [1.165, 1.54) is 17.9 Å². The molecule has 1 saturated carbocycles. The SMILES string of the molecule is C/C=C/C=C/C=C/C(=O)O[C@H]1[C@H](OC)C2=C(C(=O)N([C@@H](C)C(=O)O)C2)[C@@]2(C)CCCC(C)(C)[C@H]12. The number of allylic oxidation sites excluding steroid dienone is 5. The zero-order chi connectivity index (χ0) is 25.3. The first-order chi connectivity index (χ1) is 16.0. The first kappa shape index (κ1) is 25.9. The van der Waals surface area contributed by atoms with Gasteiger partial charge in [-0.1, -0.05) is 57.6 Å². The van der Waals surface area contributed by atoms with Crippen molar-refractivity contribution in [1.82, 2.24) is 4.90 Å². The number of carboxylic acid groups (broad SMARTS) is 1. The van der Waals surface area contributed by atoms with Gasteiger partial charge >= 0.3 is 11.9 Å². The van der Waals surface area contributed by atoms with E-state index in [0.29, 0.717) is 5.57 Å². The summed E-state index contributed by atoms with van der Waals surface area (Å²) in [5.74, 6) is -1.91. The van der Waals surface area contributed by atoms with Crippen LogP contribution in [0.4, 0.5) is 0 Å². The van der Waals surface area contributed by atoms with Gasteiger partial charge in [0, 0.05) is 36.6 Å². The molecule has 0 aromatic rings. The summed E-state index contributed by atoms with van der Waals surface area (Å²) in [5.41, 5.74) is 0.639. The highest BCUT2D eigenvalue weighted by Gasteiger charge is 2.63. The summed E-state index contributed by atoms with van der Waals surface area (Å²) >= 11 is 0. The Labute approximate surface area is 202 Å². The van der Waals surface area contributed by atoms with Gasteiger partial charge in [0.1, 0.15) is 18.2 Å². The highest BCUT2D eigenvalue weighted by Crippen LogP contribution is 2.62. The van der Waals surface area contributed by atoms with Gasteiger partial charge in [-0.25, -0.2) is 9.59 Å². The van der Waals surface area contributed by atoms with Crippen LogP contribution >= 0.6 is 0 Å². The summed E-state index contributed by atoms with van der Waals surface area (Å²) in [6.07, 6.45) is 11.8. The first-order valence-electron chi connectivity index (χ1n) is 12.0. The van der Waals surface area contributed by atoms with Crippen LogP contribution in [0.5, 0.6) is 0 Å². The van der Waals surface area contributed by atoms with Crippen LogP contribution in [0.15, 0.2) is 47.6 Å². The minimum Gasteiger partial charge on any atom is -0.480 e. The smallest absolute Gasteiger partial charge is 0.331 e. The van der Waals surface area contributed by atoms with Crippen LogP contribution in [-0.2, 0) is 23.9 Å². The van der Waals surface area contributed by atoms with E-state index in [1.54, 1.807) is 19.3 Å². The summed E-state index contributed by atoms with van der Waals surface area (Å²) in [4.78, 5) is 39.5. The molecule has 0 radical (unpaired) electrons. The number of carboxylic acids is 1. The Morgan fingerprint density at radius 3 is 2.44 bits per heavy atom. The van der Waals surface area contributed by atoms with Crippen LogP contribution in [0.1, 0.15) is 53.9 Å². The van der Waals surface area contributed by atoms with E-state index in [0.717, 1.165) is 24.8 Å². The van der Waals surface area contributed by atoms with Gasteiger partial charge in [-0.3, -0.25) is 4.79 Å². The Morgan fingerprint density at radius 1 is 1.15 bits per heavy atom. The number of methoxy groups -OCH3 is 1. The zero-order valence-electron chi connectivity index (χ0n) is 21.0. The highest BCUT2D eigenvalue weighted by molar-refractivity contribution is 6.01. The number of rotatable bonds is 7. The summed E-state index contributed by atoms with van der Waals surface area (Å²) < 4.78 is 12.0. The van der Waals surface area contributed by atoms with Gasteiger partial charge in [-0.15, -0.1) is 0 Å². The van der Waals surface area contributed by atoms with Gasteiger partial charge in [0.2, 0.25) is 0 Å². The van der Waals surface area contributed by atoms with Gasteiger partial charge in [-0.2, -0.15) is 0 Å². The molecule has 0 unspecified atom stereocenters. The number of ether oxygens (including phenoxy) is 2. The third kappa shape index (κ3) is 4.50. The van der Waals surface area contributed by atoms with Crippen molar-refractivity contribution in [2.45, 2.75) is 72.1 Å². The van der Waals surface area contributed by atoms with Crippen LogP contribution in [0.25, 0.3) is 0 Å². The molecule has 0 saturated heterocycles. The van der Waals surface area contributed by atoms with Crippen LogP contribution in [0.2, 0.25) is 0 Å². The van der Waals surface area contributed by atoms with Crippen LogP contribution in [0.3, 0.4) is 0 Å². The fourth-order valence-corrected chi connectivity index (χ4v) is 6.40. The fraction of sp³-hybridized carbons (Fsp3) is 0.593. The molecule has 7 heteroatoms. The molecule has 1 heterocycles. The molecule has 7 nitrogen and oxygen atoms in total. The predicted molar refractivity (Wildman–Crippen MR) is 129 cm³/mol. The van der Waals surface area contributed by atoms with Crippen molar-refractivity contribution in [3.8, 4) is 0 Å². The maximum atomic E-state index is 13.6. The summed E-state index contributed by atoms with van der Waals surface area (Å²) in [6.45, 7) is 9.98. The molecule has 34 heavy (non-hydrogen) atoms. The first-order valence-corrected chi connectivity index (χ1v) is 12.0. The molecule has 1 N–H and O–H groups in total. The normalized spacial score (nSPS) is 31.9. The average Bonchev–Trinajstić information content (AvgIpc) is 3.10. The standard InChI is InChI=1S/C27H37NO6/c1-7-8-9-10-11-13-19(29)34-22-21(33-6)18-16-28(17(2)25(31)32)24(30)20(18)27(5)15-12-14-26(3,4)23(22)27/h7-11,13,17,21-23H,12,14-16H2,1-6H3,(H,31,32)/b8-7+,10-9+,13-11+/t17-,21+,22-,23-,27+/m0/s1. The minimum absolute atomic E-state index is 0.155. The number of carbonyl (C=O) groups is 3. The highest BCUT2D eigenvalue weighted by atomic mass is 16.6. The molecule has 2 aliphatic carbocycles. The van der Waals surface area contributed by atoms with E-state index in [-0.39, 0.29) is 23.8 Å². The molecule has 1 amide bonds. The monoisotopic (exact) mass is 471 g/mol. The number of hydrogen-bond acceptors (Lipinski definition) is 5. The molecule has 0 aromatic carbocycles. The number of esters is 1. The van der Waals surface area contributed by atoms with E-state index < -0.39 is 35.6 Å². The Bertz CT molecular complexity index is 958. The van der Waals surface area contributed by atoms with Gasteiger partial charge in [0.05, 0.1) is 0 Å². The van der Waals surface area contributed by atoms with E-state index in [1.807, 2.05) is 25.2 Å². The minimum atomic E-state index is -1.05. The van der Waals surface area contributed by atoms with Crippen molar-refractivity contribution in [1.29, 1.82) is 0 Å². The molecule has 5 atom stereocenters. The molecular weight excluding hydrogens is 434 g/mol. The molecule has 1 fully saturated rings. The van der Waals surface area contributed by atoms with E-state index in [2.05, 4.69) is 20.8 Å². The molecule has 0 bridgehead atoms. The van der Waals surface area contributed by atoms with E-state index in [4.69, 9.17) is 9.47 Å². The lowest BCUT2D eigenvalue weighted by molar-refractivity contribution is -0.173. The van der Waals surface area contributed by atoms with Gasteiger partial charge in [0.15, 0.2) is 0 Å². The van der Waals surface area contributed by atoms with Crippen molar-refractivity contribution in [3.63, 3.8) is 0 Å². The van der Waals surface area contributed by atoms with Gasteiger partial charge in [-0.05, 0) is 37.7 Å². The average molecular weight is 472 g/mol. The second-order valence-electron chi connectivity index (χ2n) is 10.4. The van der Waals surface area contributed by atoms with Crippen molar-refractivity contribution in [2.24, 2.45) is 16.7 Å². The number of carbonyl (C=O) groups excluding carboxylic acids is 2. The molecule has 3 rings (SSSR count). The maximum absolute atomic E-state index is 13.6. The number of fused-ring (bicyclic) bond motifs is 2. The third-order valence-corrected chi connectivity index (χ3v) is 7.81. The van der Waals surface area contributed by atoms with Crippen molar-refractivity contribution >= 4 is 17.8 Å². The van der Waals surface area contributed by atoms with Crippen molar-refractivity contribution < 1.29 is 29.0 Å². The zero-order valence-corrected chi connectivity index (χ0v) is 21.0. The molecule has 1 aliphatic heterocycles. The van der Waals surface area contributed by atoms with Gasteiger partial charge in [0.25, 0.3) is 5.91 Å². The second kappa shape index (κ2) is 9.90. The van der Waals surface area contributed by atoms with Crippen molar-refractivity contribution in [3.05, 3.63) is 47.6 Å². The molecule has 0 spiro atoms. The number of amides is 1. The van der Waals surface area contributed by atoms with Crippen molar-refractivity contribution in [2.75, 3.05) is 13.7 Å². The lowest BCUT2D eigenvalue weighted by Gasteiger charge is -2.57. The predicted octanol–water partition coefficient (Wildman–Crippen LogP) is 4.06. The summed E-state index contributed by atoms with van der Waals surface area (Å²) in [5, 5.41) is 9.57. The molecule has 3 aliphatic rings. The summed E-state index contributed by atoms with van der Waals surface area (Å²) in [6, 6.07) is -0.956. The number of nitrogens with zero attached hydrogens (tertiary/aromatic N) is 1. The fourth-order valence-electron chi connectivity index (χ4n) is 6.40. The quantitative estimate of drug-likeness (QED) is 0.342. The molecule has 0 aromatic heterocycles. The number of aliphatic carboxylic acids is 1. The Balaban J connectivity index is 2.03.